The monoisotopic (exact) mass is 177 g/mol. The minimum absolute atomic E-state index is 0.123. The zero-order valence-corrected chi connectivity index (χ0v) is 7.01. The molecule has 3 heteroatoms. The van der Waals surface area contributed by atoms with Crippen molar-refractivity contribution in [3.05, 3.63) is 29.1 Å². The van der Waals surface area contributed by atoms with Crippen LogP contribution in [0.15, 0.2) is 12.1 Å². The summed E-state index contributed by atoms with van der Waals surface area (Å²) in [6.07, 6.45) is 0.836. The predicted octanol–water partition coefficient (Wildman–Crippen LogP) is 1.83. The first kappa shape index (κ1) is 8.06. The van der Waals surface area contributed by atoms with E-state index in [2.05, 4.69) is 0 Å². The maximum absolute atomic E-state index is 13.2. The van der Waals surface area contributed by atoms with Gasteiger partial charge in [-0.3, -0.25) is 0 Å². The highest BCUT2D eigenvalue weighted by molar-refractivity contribution is 5.44. The number of fused-ring (bicyclic) bond motifs is 1. The summed E-state index contributed by atoms with van der Waals surface area (Å²) in [5.41, 5.74) is 1.36. The topological polar surface area (TPSA) is 33.0 Å². The largest absolute Gasteiger partial charge is 0.493 e. The second-order valence-corrected chi connectivity index (χ2v) is 2.94. The summed E-state index contributed by atoms with van der Waals surface area (Å²) < 4.78 is 18.5. The van der Waals surface area contributed by atoms with E-state index >= 15 is 0 Å². The molecule has 0 unspecified atom stereocenters. The molecular weight excluding hydrogens is 169 g/mol. The number of nitrogens with zero attached hydrogens (tertiary/aromatic N) is 1. The summed E-state index contributed by atoms with van der Waals surface area (Å²) in [5, 5.41) is 8.52. The molecule has 13 heavy (non-hydrogen) atoms. The fourth-order valence-corrected chi connectivity index (χ4v) is 1.59. The van der Waals surface area contributed by atoms with Gasteiger partial charge < -0.3 is 4.74 Å². The molecule has 0 saturated heterocycles. The Labute approximate surface area is 75.6 Å². The van der Waals surface area contributed by atoms with Gasteiger partial charge in [0.05, 0.1) is 19.1 Å². The molecule has 0 atom stereocenters. The molecule has 1 aromatic rings. The zero-order chi connectivity index (χ0) is 9.26. The van der Waals surface area contributed by atoms with E-state index in [1.54, 1.807) is 6.07 Å². The maximum atomic E-state index is 13.2. The summed E-state index contributed by atoms with van der Waals surface area (Å²) in [5.74, 6) is 0.428. The average Bonchev–Trinajstić information content (AvgIpc) is 2.58. The number of rotatable bonds is 1. The predicted molar refractivity (Wildman–Crippen MR) is 44.9 cm³/mol. The molecule has 2 rings (SSSR count). The van der Waals surface area contributed by atoms with Crippen LogP contribution in [0.4, 0.5) is 4.39 Å². The molecule has 66 valence electrons. The van der Waals surface area contributed by atoms with Crippen molar-refractivity contribution in [2.24, 2.45) is 0 Å². The van der Waals surface area contributed by atoms with Gasteiger partial charge in [-0.2, -0.15) is 5.26 Å². The summed E-state index contributed by atoms with van der Waals surface area (Å²) in [7, 11) is 0. The first-order chi connectivity index (χ1) is 6.33. The Morgan fingerprint density at radius 1 is 1.54 bits per heavy atom. The molecule has 0 fully saturated rings. The van der Waals surface area contributed by atoms with E-state index in [0.717, 1.165) is 11.3 Å². The molecule has 0 aromatic heterocycles. The molecule has 0 N–H and O–H groups in total. The van der Waals surface area contributed by atoms with Crippen LogP contribution in [0, 0.1) is 17.1 Å². The van der Waals surface area contributed by atoms with E-state index in [1.807, 2.05) is 6.07 Å². The van der Waals surface area contributed by atoms with Gasteiger partial charge in [-0.05, 0) is 12.1 Å². The lowest BCUT2D eigenvalue weighted by Gasteiger charge is -2.04. The number of hydrogen-bond acceptors (Lipinski definition) is 2. The van der Waals surface area contributed by atoms with E-state index in [1.165, 1.54) is 6.07 Å². The van der Waals surface area contributed by atoms with E-state index in [9.17, 15) is 4.39 Å². The van der Waals surface area contributed by atoms with Gasteiger partial charge in [0, 0.05) is 17.5 Å². The van der Waals surface area contributed by atoms with Crippen molar-refractivity contribution in [2.45, 2.75) is 12.8 Å². The van der Waals surface area contributed by atoms with Crippen molar-refractivity contribution >= 4 is 0 Å². The van der Waals surface area contributed by atoms with Crippen LogP contribution in [0.25, 0.3) is 0 Å². The van der Waals surface area contributed by atoms with Crippen molar-refractivity contribution in [3.63, 3.8) is 0 Å². The molecule has 0 amide bonds. The van der Waals surface area contributed by atoms with Crippen LogP contribution in [0.3, 0.4) is 0 Å². The van der Waals surface area contributed by atoms with Crippen LogP contribution < -0.4 is 4.74 Å². The van der Waals surface area contributed by atoms with Crippen LogP contribution in [-0.4, -0.2) is 6.61 Å². The molecule has 0 saturated carbocycles. The highest BCUT2D eigenvalue weighted by atomic mass is 19.1. The fraction of sp³-hybridized carbons (Fsp3) is 0.300. The van der Waals surface area contributed by atoms with Crippen molar-refractivity contribution in [1.29, 1.82) is 5.26 Å². The third-order valence-corrected chi connectivity index (χ3v) is 2.20. The van der Waals surface area contributed by atoms with Crippen molar-refractivity contribution in [1.82, 2.24) is 0 Å². The highest BCUT2D eigenvalue weighted by Crippen LogP contribution is 2.30. The summed E-state index contributed by atoms with van der Waals surface area (Å²) in [4.78, 5) is 0. The summed E-state index contributed by atoms with van der Waals surface area (Å²) in [6, 6.07) is 4.94. The molecular formula is C10H8FNO. The number of halogens is 1. The molecule has 0 bridgehead atoms. The molecule has 0 spiro atoms. The van der Waals surface area contributed by atoms with Gasteiger partial charge in [-0.25, -0.2) is 4.39 Å². The van der Waals surface area contributed by atoms with Crippen LogP contribution >= 0.6 is 0 Å². The minimum Gasteiger partial charge on any atom is -0.493 e. The molecule has 1 aliphatic rings. The van der Waals surface area contributed by atoms with Gasteiger partial charge in [0.2, 0.25) is 0 Å². The third kappa shape index (κ3) is 1.25. The Bertz CT molecular complexity index is 381. The Morgan fingerprint density at radius 2 is 2.38 bits per heavy atom. The Balaban J connectivity index is 2.53. The maximum Gasteiger partial charge on any atom is 0.127 e. The first-order valence-electron chi connectivity index (χ1n) is 4.13. The van der Waals surface area contributed by atoms with Crippen molar-refractivity contribution < 1.29 is 9.13 Å². The molecule has 0 radical (unpaired) electrons. The fourth-order valence-electron chi connectivity index (χ4n) is 1.59. The lowest BCUT2D eigenvalue weighted by Crippen LogP contribution is -1.94. The standard InChI is InChI=1S/C10H8FNO/c11-9-1-2-10-8(4-6-13-10)7(9)3-5-12/h1-2H,3-4,6H2. The minimum atomic E-state index is -0.300. The van der Waals surface area contributed by atoms with Gasteiger partial charge in [-0.1, -0.05) is 0 Å². The average molecular weight is 177 g/mol. The Hall–Kier alpha value is -1.56. The van der Waals surface area contributed by atoms with Crippen LogP contribution in [0.1, 0.15) is 11.1 Å². The second-order valence-electron chi connectivity index (χ2n) is 2.94. The molecule has 1 heterocycles. The normalized spacial score (nSPS) is 13.2. The van der Waals surface area contributed by atoms with Gasteiger partial charge in [0.1, 0.15) is 11.6 Å². The second kappa shape index (κ2) is 3.06. The third-order valence-electron chi connectivity index (χ3n) is 2.20. The van der Waals surface area contributed by atoms with Gasteiger partial charge >= 0.3 is 0 Å². The van der Waals surface area contributed by atoms with Gasteiger partial charge in [-0.15, -0.1) is 0 Å². The van der Waals surface area contributed by atoms with E-state index in [-0.39, 0.29) is 12.2 Å². The Kier molecular flexibility index (Phi) is 1.90. The van der Waals surface area contributed by atoms with Crippen LogP contribution in [0.5, 0.6) is 5.75 Å². The van der Waals surface area contributed by atoms with Crippen molar-refractivity contribution in [3.8, 4) is 11.8 Å². The van der Waals surface area contributed by atoms with Crippen LogP contribution in [0.2, 0.25) is 0 Å². The lowest BCUT2D eigenvalue weighted by atomic mass is 10.0. The zero-order valence-electron chi connectivity index (χ0n) is 7.01. The number of ether oxygens (including phenoxy) is 1. The molecule has 2 nitrogen and oxygen atoms in total. The SMILES string of the molecule is N#CCc1c(F)ccc2c1CCO2. The van der Waals surface area contributed by atoms with Gasteiger partial charge in [0.25, 0.3) is 0 Å². The highest BCUT2D eigenvalue weighted by Gasteiger charge is 2.18. The summed E-state index contributed by atoms with van der Waals surface area (Å²) in [6.45, 7) is 0.594. The quantitative estimate of drug-likeness (QED) is 0.655. The molecule has 1 aromatic carbocycles. The van der Waals surface area contributed by atoms with E-state index in [4.69, 9.17) is 10.00 Å². The van der Waals surface area contributed by atoms with Crippen molar-refractivity contribution in [2.75, 3.05) is 6.61 Å². The molecule has 1 aliphatic heterocycles. The smallest absolute Gasteiger partial charge is 0.127 e. The van der Waals surface area contributed by atoms with Gasteiger partial charge in [0.15, 0.2) is 0 Å². The Morgan fingerprint density at radius 3 is 3.15 bits per heavy atom. The lowest BCUT2D eigenvalue weighted by molar-refractivity contribution is 0.356. The summed E-state index contributed by atoms with van der Waals surface area (Å²) >= 11 is 0. The first-order valence-corrected chi connectivity index (χ1v) is 4.13. The number of hydrogen-bond donors (Lipinski definition) is 0. The molecule has 0 aliphatic carbocycles. The van der Waals surface area contributed by atoms with E-state index in [0.29, 0.717) is 18.6 Å². The number of benzene rings is 1. The number of nitriles is 1. The van der Waals surface area contributed by atoms with Crippen LogP contribution in [-0.2, 0) is 12.8 Å². The van der Waals surface area contributed by atoms with E-state index < -0.39 is 0 Å².